The standard InChI is InChI=1S/C56H49NO/c1-34-27-36-29-35(2)56(39(28-34)30-36)50-15-9-6-12-44(50)48-32-41(23-26-51(48)56)57(42-22-25-45-43-11-5-8-14-49(43)55(3,4)52(45)33-42)40-20-17-37(18-21-40)38-19-24-47-46-13-7-10-16-53(46)58-54(47)31-38/h5-26,31-36,39H,27-30H2,1-4H3/t34-,35+,36-,39-,56?/m0/s1. The van der Waals surface area contributed by atoms with Gasteiger partial charge in [0.15, 0.2) is 0 Å². The Bertz CT molecular complexity index is 2940. The van der Waals surface area contributed by atoms with E-state index in [1.54, 1.807) is 11.1 Å². The lowest BCUT2D eigenvalue weighted by Gasteiger charge is -2.54. The summed E-state index contributed by atoms with van der Waals surface area (Å²) in [7, 11) is 0. The fraction of sp³-hybridized carbons (Fsp3) is 0.250. The molecule has 1 heterocycles. The van der Waals surface area contributed by atoms with E-state index in [0.29, 0.717) is 11.8 Å². The fourth-order valence-electron chi connectivity index (χ4n) is 12.8. The van der Waals surface area contributed by atoms with Crippen LogP contribution in [0.5, 0.6) is 0 Å². The molecule has 2 saturated carbocycles. The maximum absolute atomic E-state index is 6.30. The Labute approximate surface area is 342 Å². The molecule has 2 nitrogen and oxygen atoms in total. The maximum atomic E-state index is 6.30. The topological polar surface area (TPSA) is 16.4 Å². The molecule has 4 aliphatic rings. The van der Waals surface area contributed by atoms with Crippen molar-refractivity contribution in [2.45, 2.75) is 64.2 Å². The molecule has 4 aliphatic carbocycles. The number of para-hydroxylation sites is 1. The number of hydrogen-bond acceptors (Lipinski definition) is 2. The van der Waals surface area contributed by atoms with Gasteiger partial charge in [0.2, 0.25) is 0 Å². The molecule has 7 aromatic carbocycles. The van der Waals surface area contributed by atoms with Crippen LogP contribution in [0.15, 0.2) is 156 Å². The van der Waals surface area contributed by atoms with Gasteiger partial charge in [-0.25, -0.2) is 0 Å². The Morgan fingerprint density at radius 1 is 0.483 bits per heavy atom. The van der Waals surface area contributed by atoms with Gasteiger partial charge in [-0.05, 0) is 160 Å². The molecule has 0 radical (unpaired) electrons. The smallest absolute Gasteiger partial charge is 0.136 e. The molecular weight excluding hydrogens is 703 g/mol. The summed E-state index contributed by atoms with van der Waals surface area (Å²) in [5, 5.41) is 2.32. The van der Waals surface area contributed by atoms with Crippen molar-refractivity contribution < 1.29 is 4.42 Å². The van der Waals surface area contributed by atoms with Crippen molar-refractivity contribution in [3.05, 3.63) is 174 Å². The third kappa shape index (κ3) is 4.72. The van der Waals surface area contributed by atoms with Crippen LogP contribution >= 0.6 is 0 Å². The Morgan fingerprint density at radius 2 is 1.12 bits per heavy atom. The number of furan rings is 1. The highest BCUT2D eigenvalue weighted by molar-refractivity contribution is 6.06. The van der Waals surface area contributed by atoms with E-state index in [4.69, 9.17) is 4.42 Å². The minimum atomic E-state index is -0.0951. The molecule has 8 aromatic rings. The van der Waals surface area contributed by atoms with E-state index < -0.39 is 0 Å². The van der Waals surface area contributed by atoms with Gasteiger partial charge < -0.3 is 9.32 Å². The minimum Gasteiger partial charge on any atom is -0.456 e. The zero-order valence-electron chi connectivity index (χ0n) is 33.9. The average molecular weight is 752 g/mol. The molecule has 1 unspecified atom stereocenters. The van der Waals surface area contributed by atoms with Crippen molar-refractivity contribution in [2.24, 2.45) is 23.7 Å². The first-order chi connectivity index (χ1) is 28.3. The molecule has 58 heavy (non-hydrogen) atoms. The lowest BCUT2D eigenvalue weighted by Crippen LogP contribution is -2.49. The highest BCUT2D eigenvalue weighted by Gasteiger charge is 2.56. The van der Waals surface area contributed by atoms with Gasteiger partial charge in [-0.15, -0.1) is 0 Å². The molecule has 284 valence electrons. The molecule has 0 N–H and O–H groups in total. The van der Waals surface area contributed by atoms with Crippen LogP contribution in [-0.2, 0) is 10.8 Å². The first-order valence-electron chi connectivity index (χ1n) is 21.6. The van der Waals surface area contributed by atoms with Crippen molar-refractivity contribution in [1.29, 1.82) is 0 Å². The van der Waals surface area contributed by atoms with E-state index in [2.05, 4.69) is 178 Å². The van der Waals surface area contributed by atoms with Gasteiger partial charge in [0.05, 0.1) is 0 Å². The second-order valence-corrected chi connectivity index (χ2v) is 18.7. The summed E-state index contributed by atoms with van der Waals surface area (Å²) in [6.07, 6.45) is 5.41. The lowest BCUT2D eigenvalue weighted by atomic mass is 9.49. The summed E-state index contributed by atoms with van der Waals surface area (Å²) in [4.78, 5) is 2.50. The number of rotatable bonds is 4. The van der Waals surface area contributed by atoms with Crippen LogP contribution in [0, 0.1) is 23.7 Å². The summed E-state index contributed by atoms with van der Waals surface area (Å²) in [6.45, 7) is 9.84. The van der Waals surface area contributed by atoms with E-state index in [1.807, 2.05) is 6.07 Å². The van der Waals surface area contributed by atoms with Crippen LogP contribution < -0.4 is 4.90 Å². The van der Waals surface area contributed by atoms with Crippen LogP contribution in [0.2, 0.25) is 0 Å². The number of benzene rings is 7. The molecule has 2 fully saturated rings. The second-order valence-electron chi connectivity index (χ2n) is 18.7. The summed E-state index contributed by atoms with van der Waals surface area (Å²) < 4.78 is 6.30. The van der Waals surface area contributed by atoms with Gasteiger partial charge in [0, 0.05) is 38.7 Å². The van der Waals surface area contributed by atoms with Crippen LogP contribution in [0.4, 0.5) is 17.1 Å². The van der Waals surface area contributed by atoms with Gasteiger partial charge >= 0.3 is 0 Å². The molecule has 0 aliphatic heterocycles. The summed E-state index contributed by atoms with van der Waals surface area (Å²) >= 11 is 0. The van der Waals surface area contributed by atoms with Gasteiger partial charge in [0.1, 0.15) is 11.2 Å². The Morgan fingerprint density at radius 3 is 1.97 bits per heavy atom. The van der Waals surface area contributed by atoms with Gasteiger partial charge in [-0.2, -0.15) is 0 Å². The third-order valence-corrected chi connectivity index (χ3v) is 15.2. The largest absolute Gasteiger partial charge is 0.456 e. The molecule has 0 saturated heterocycles. The Hall–Kier alpha value is -5.86. The predicted octanol–water partition coefficient (Wildman–Crippen LogP) is 15.4. The molecule has 12 rings (SSSR count). The molecule has 1 spiro atoms. The average Bonchev–Trinajstić information content (AvgIpc) is 3.84. The molecular formula is C56H49NO. The van der Waals surface area contributed by atoms with Gasteiger partial charge in [0.25, 0.3) is 0 Å². The third-order valence-electron chi connectivity index (χ3n) is 15.2. The van der Waals surface area contributed by atoms with Crippen LogP contribution in [0.25, 0.3) is 55.3 Å². The number of fused-ring (bicyclic) bond motifs is 14. The normalized spacial score (nSPS) is 23.4. The highest BCUT2D eigenvalue weighted by atomic mass is 16.3. The van der Waals surface area contributed by atoms with Crippen molar-refractivity contribution >= 4 is 39.0 Å². The van der Waals surface area contributed by atoms with Crippen LogP contribution in [0.3, 0.4) is 0 Å². The van der Waals surface area contributed by atoms with Crippen molar-refractivity contribution in [3.63, 3.8) is 0 Å². The maximum Gasteiger partial charge on any atom is 0.136 e. The predicted molar refractivity (Wildman–Crippen MR) is 241 cm³/mol. The molecule has 1 aromatic heterocycles. The second kappa shape index (κ2) is 12.3. The summed E-state index contributed by atoms with van der Waals surface area (Å²) in [5.74, 6) is 2.94. The van der Waals surface area contributed by atoms with E-state index in [1.165, 1.54) is 76.0 Å². The lowest BCUT2D eigenvalue weighted by molar-refractivity contribution is 0.0426. The van der Waals surface area contributed by atoms with E-state index in [9.17, 15) is 0 Å². The quantitative estimate of drug-likeness (QED) is 0.178. The van der Waals surface area contributed by atoms with E-state index in [-0.39, 0.29) is 10.8 Å². The van der Waals surface area contributed by atoms with Gasteiger partial charge in [-0.1, -0.05) is 125 Å². The first-order valence-corrected chi connectivity index (χ1v) is 21.6. The van der Waals surface area contributed by atoms with Crippen LogP contribution in [-0.4, -0.2) is 0 Å². The van der Waals surface area contributed by atoms with Crippen LogP contribution in [0.1, 0.15) is 75.6 Å². The number of hydrogen-bond donors (Lipinski definition) is 0. The van der Waals surface area contributed by atoms with Crippen molar-refractivity contribution in [2.75, 3.05) is 4.90 Å². The fourth-order valence-corrected chi connectivity index (χ4v) is 12.8. The van der Waals surface area contributed by atoms with E-state index in [0.717, 1.165) is 45.0 Å². The van der Waals surface area contributed by atoms with E-state index >= 15 is 0 Å². The Kier molecular flexibility index (Phi) is 7.27. The van der Waals surface area contributed by atoms with Gasteiger partial charge in [-0.3, -0.25) is 0 Å². The molecule has 5 atom stereocenters. The minimum absolute atomic E-state index is 0.0758. The zero-order valence-corrected chi connectivity index (χ0v) is 33.9. The molecule has 2 heteroatoms. The number of anilines is 3. The molecule has 2 bridgehead atoms. The number of nitrogens with zero attached hydrogens (tertiary/aromatic N) is 1. The zero-order chi connectivity index (χ0) is 38.9. The Balaban J connectivity index is 1.01. The summed E-state index contributed by atoms with van der Waals surface area (Å²) in [5.41, 5.74) is 19.2. The summed E-state index contributed by atoms with van der Waals surface area (Å²) in [6, 6.07) is 57.2. The highest BCUT2D eigenvalue weighted by Crippen LogP contribution is 2.65. The molecule has 0 amide bonds. The monoisotopic (exact) mass is 751 g/mol. The van der Waals surface area contributed by atoms with Crippen molar-refractivity contribution in [1.82, 2.24) is 0 Å². The first kappa shape index (κ1) is 34.2. The SMILES string of the molecule is C[C@H]1C[C@@H]2C[C@H](C1)C1(c3ccccc3-c3cc(N(c4ccc(-c5ccc6c(c5)oc5ccccc56)cc4)c4ccc5c(c4)C(C)(C)c4ccccc4-5)ccc31)[C@H](C)C2. The van der Waals surface area contributed by atoms with Crippen molar-refractivity contribution in [3.8, 4) is 33.4 Å².